The Morgan fingerprint density at radius 3 is 2.71 bits per heavy atom. The molecule has 1 fully saturated rings. The third-order valence-corrected chi connectivity index (χ3v) is 6.94. The number of H-pyrrole nitrogens is 2. The van der Waals surface area contributed by atoms with E-state index in [1.807, 2.05) is 30.3 Å². The molecular formula is C29H24FN7O. The SMILES string of the molecule is Fc1ccccc1-c1nccc2[nH]c(-c3n[nH]c4ccc(-c5cncc(OC6CCNCC6)c5)nc34)cc12. The summed E-state index contributed by atoms with van der Waals surface area (Å²) in [5.41, 5.74) is 6.48. The van der Waals surface area contributed by atoms with E-state index in [1.54, 1.807) is 36.8 Å². The molecule has 0 atom stereocenters. The second-order valence-corrected chi connectivity index (χ2v) is 9.43. The Kier molecular flexibility index (Phi) is 5.55. The van der Waals surface area contributed by atoms with Crippen LogP contribution in [0.2, 0.25) is 0 Å². The zero-order valence-corrected chi connectivity index (χ0v) is 20.4. The third kappa shape index (κ3) is 4.06. The molecule has 1 aliphatic rings. The van der Waals surface area contributed by atoms with Crippen molar-refractivity contribution in [2.45, 2.75) is 18.9 Å². The molecule has 0 spiro atoms. The van der Waals surface area contributed by atoms with Gasteiger partial charge in [-0.15, -0.1) is 0 Å². The van der Waals surface area contributed by atoms with E-state index >= 15 is 0 Å². The Labute approximate surface area is 217 Å². The van der Waals surface area contributed by atoms with Gasteiger partial charge >= 0.3 is 0 Å². The first-order valence-electron chi connectivity index (χ1n) is 12.6. The minimum Gasteiger partial charge on any atom is -0.489 e. The number of ether oxygens (including phenoxy) is 1. The molecule has 1 aliphatic heterocycles. The van der Waals surface area contributed by atoms with E-state index in [9.17, 15) is 4.39 Å². The molecule has 8 nitrogen and oxygen atoms in total. The molecule has 6 aromatic rings. The smallest absolute Gasteiger partial charge is 0.138 e. The standard InChI is InChI=1S/C29H24FN7O/c30-22-4-2-1-3-20(22)27-21-14-26(34-24(21)9-12-33-27)29-28-25(36-37-29)6-5-23(35-28)17-13-19(16-32-15-17)38-18-7-10-31-11-8-18/h1-6,9,12-16,18,31,34H,7-8,10-11H2,(H,36,37). The van der Waals surface area contributed by atoms with Crippen molar-refractivity contribution in [2.75, 3.05) is 13.1 Å². The number of hydrogen-bond donors (Lipinski definition) is 3. The van der Waals surface area contributed by atoms with Crippen LogP contribution in [-0.2, 0) is 0 Å². The van der Waals surface area contributed by atoms with E-state index < -0.39 is 0 Å². The van der Waals surface area contributed by atoms with Crippen LogP contribution in [0.1, 0.15) is 12.8 Å². The molecule has 5 aromatic heterocycles. The van der Waals surface area contributed by atoms with Crippen molar-refractivity contribution >= 4 is 21.9 Å². The third-order valence-electron chi connectivity index (χ3n) is 6.94. The number of fused-ring (bicyclic) bond motifs is 2. The van der Waals surface area contributed by atoms with Gasteiger partial charge in [-0.1, -0.05) is 12.1 Å². The summed E-state index contributed by atoms with van der Waals surface area (Å²) in [6, 6.07) is 16.4. The topological polar surface area (TPSA) is 104 Å². The molecule has 1 aromatic carbocycles. The molecule has 7 rings (SSSR count). The summed E-state index contributed by atoms with van der Waals surface area (Å²) in [4.78, 5) is 17.2. The molecule has 0 radical (unpaired) electrons. The lowest BCUT2D eigenvalue weighted by molar-refractivity contribution is 0.162. The summed E-state index contributed by atoms with van der Waals surface area (Å²) in [5, 5.41) is 11.8. The summed E-state index contributed by atoms with van der Waals surface area (Å²) < 4.78 is 20.7. The van der Waals surface area contributed by atoms with E-state index in [2.05, 4.69) is 30.5 Å². The van der Waals surface area contributed by atoms with Crippen LogP contribution in [0.3, 0.4) is 0 Å². The highest BCUT2D eigenvalue weighted by Gasteiger charge is 2.18. The largest absolute Gasteiger partial charge is 0.489 e. The first-order valence-corrected chi connectivity index (χ1v) is 12.6. The highest BCUT2D eigenvalue weighted by atomic mass is 19.1. The average Bonchev–Trinajstić information content (AvgIpc) is 3.58. The average molecular weight is 506 g/mol. The van der Waals surface area contributed by atoms with Gasteiger partial charge in [0.2, 0.25) is 0 Å². The minimum absolute atomic E-state index is 0.190. The van der Waals surface area contributed by atoms with Gasteiger partial charge in [-0.25, -0.2) is 9.37 Å². The van der Waals surface area contributed by atoms with Gasteiger partial charge in [0.25, 0.3) is 0 Å². The van der Waals surface area contributed by atoms with Crippen LogP contribution in [0.25, 0.3) is 55.8 Å². The Hall–Kier alpha value is -4.63. The van der Waals surface area contributed by atoms with Crippen LogP contribution < -0.4 is 10.1 Å². The molecule has 9 heteroatoms. The maximum atomic E-state index is 14.6. The van der Waals surface area contributed by atoms with E-state index in [-0.39, 0.29) is 11.9 Å². The lowest BCUT2D eigenvalue weighted by Gasteiger charge is -2.23. The fourth-order valence-electron chi connectivity index (χ4n) is 5.03. The summed E-state index contributed by atoms with van der Waals surface area (Å²) in [5.74, 6) is 0.430. The quantitative estimate of drug-likeness (QED) is 0.286. The first kappa shape index (κ1) is 22.6. The number of piperidine rings is 1. The Morgan fingerprint density at radius 1 is 0.921 bits per heavy atom. The molecule has 1 saturated heterocycles. The maximum absolute atomic E-state index is 14.6. The molecule has 0 unspecified atom stereocenters. The molecule has 0 saturated carbocycles. The van der Waals surface area contributed by atoms with Crippen molar-refractivity contribution in [3.8, 4) is 39.7 Å². The van der Waals surface area contributed by atoms with E-state index in [1.165, 1.54) is 6.07 Å². The van der Waals surface area contributed by atoms with Crippen molar-refractivity contribution in [2.24, 2.45) is 0 Å². The van der Waals surface area contributed by atoms with Gasteiger partial charge in [-0.3, -0.25) is 15.1 Å². The van der Waals surface area contributed by atoms with E-state index in [0.29, 0.717) is 17.0 Å². The van der Waals surface area contributed by atoms with Crippen LogP contribution in [0.5, 0.6) is 5.75 Å². The van der Waals surface area contributed by atoms with Gasteiger partial charge in [0.1, 0.15) is 28.9 Å². The summed E-state index contributed by atoms with van der Waals surface area (Å²) in [7, 11) is 0. The first-order chi connectivity index (χ1) is 18.7. The molecule has 0 aliphatic carbocycles. The fraction of sp³-hybridized carbons (Fsp3) is 0.172. The van der Waals surface area contributed by atoms with Gasteiger partial charge in [0.15, 0.2) is 0 Å². The Balaban J connectivity index is 1.26. The number of aromatic nitrogens is 6. The predicted octanol–water partition coefficient (Wildman–Crippen LogP) is 5.50. The van der Waals surface area contributed by atoms with Gasteiger partial charge < -0.3 is 15.0 Å². The number of nitrogens with one attached hydrogen (secondary N) is 3. The number of rotatable bonds is 5. The van der Waals surface area contributed by atoms with Crippen LogP contribution in [0.4, 0.5) is 4.39 Å². The molecular weight excluding hydrogens is 481 g/mol. The van der Waals surface area contributed by atoms with Crippen molar-refractivity contribution in [3.63, 3.8) is 0 Å². The number of hydrogen-bond acceptors (Lipinski definition) is 6. The predicted molar refractivity (Wildman–Crippen MR) is 144 cm³/mol. The minimum atomic E-state index is -0.313. The lowest BCUT2D eigenvalue weighted by atomic mass is 10.1. The normalized spacial score (nSPS) is 14.3. The summed E-state index contributed by atoms with van der Waals surface area (Å²) >= 11 is 0. The Morgan fingerprint density at radius 2 is 1.82 bits per heavy atom. The lowest BCUT2D eigenvalue weighted by Crippen LogP contribution is -2.34. The number of benzene rings is 1. The zero-order valence-electron chi connectivity index (χ0n) is 20.4. The van der Waals surface area contributed by atoms with Crippen LogP contribution in [0, 0.1) is 5.82 Å². The molecule has 0 amide bonds. The number of halogens is 1. The second kappa shape index (κ2) is 9.35. The van der Waals surface area contributed by atoms with Crippen LogP contribution in [0.15, 0.2) is 73.2 Å². The van der Waals surface area contributed by atoms with Gasteiger partial charge in [-0.05, 0) is 68.4 Å². The molecule has 188 valence electrons. The van der Waals surface area contributed by atoms with Gasteiger partial charge in [0, 0.05) is 34.4 Å². The van der Waals surface area contributed by atoms with Crippen molar-refractivity contribution in [3.05, 3.63) is 79.0 Å². The van der Waals surface area contributed by atoms with Crippen molar-refractivity contribution in [1.29, 1.82) is 0 Å². The summed E-state index contributed by atoms with van der Waals surface area (Å²) in [6.07, 6.45) is 7.36. The Bertz CT molecular complexity index is 1770. The van der Waals surface area contributed by atoms with Crippen molar-refractivity contribution < 1.29 is 9.13 Å². The number of aromatic amines is 2. The van der Waals surface area contributed by atoms with Crippen LogP contribution >= 0.6 is 0 Å². The highest BCUT2D eigenvalue weighted by Crippen LogP contribution is 2.34. The summed E-state index contributed by atoms with van der Waals surface area (Å²) in [6.45, 7) is 1.93. The monoisotopic (exact) mass is 505 g/mol. The van der Waals surface area contributed by atoms with E-state index in [0.717, 1.165) is 70.6 Å². The van der Waals surface area contributed by atoms with Crippen LogP contribution in [-0.4, -0.2) is 49.3 Å². The van der Waals surface area contributed by atoms with E-state index in [4.69, 9.17) is 9.72 Å². The maximum Gasteiger partial charge on any atom is 0.138 e. The molecule has 6 heterocycles. The highest BCUT2D eigenvalue weighted by molar-refractivity contribution is 5.99. The fourth-order valence-corrected chi connectivity index (χ4v) is 5.03. The molecule has 0 bridgehead atoms. The number of pyridine rings is 3. The van der Waals surface area contributed by atoms with Gasteiger partial charge in [-0.2, -0.15) is 5.10 Å². The zero-order chi connectivity index (χ0) is 25.5. The van der Waals surface area contributed by atoms with Gasteiger partial charge in [0.05, 0.1) is 28.8 Å². The molecule has 3 N–H and O–H groups in total. The molecule has 38 heavy (non-hydrogen) atoms. The number of nitrogens with zero attached hydrogens (tertiary/aromatic N) is 4. The second-order valence-electron chi connectivity index (χ2n) is 9.43. The van der Waals surface area contributed by atoms with Crippen molar-refractivity contribution in [1.82, 2.24) is 35.5 Å².